The van der Waals surface area contributed by atoms with E-state index in [0.717, 1.165) is 54.8 Å². The van der Waals surface area contributed by atoms with Crippen LogP contribution in [0.5, 0.6) is 11.5 Å². The summed E-state index contributed by atoms with van der Waals surface area (Å²) in [6.07, 6.45) is 0. The normalized spacial score (nSPS) is 13.1. The van der Waals surface area contributed by atoms with Crippen molar-refractivity contribution in [2.75, 3.05) is 12.9 Å². The number of nitrogens with zero attached hydrogens (tertiary/aromatic N) is 5. The number of ether oxygens (including phenoxy) is 2. The van der Waals surface area contributed by atoms with Crippen molar-refractivity contribution in [2.45, 2.75) is 18.7 Å². The van der Waals surface area contributed by atoms with Gasteiger partial charge in [0.1, 0.15) is 18.1 Å². The van der Waals surface area contributed by atoms with E-state index in [2.05, 4.69) is 31.1 Å². The van der Waals surface area contributed by atoms with Gasteiger partial charge >= 0.3 is 0 Å². The number of fused-ring (bicyclic) bond motifs is 2. The van der Waals surface area contributed by atoms with Gasteiger partial charge in [0.2, 0.25) is 5.16 Å². The fraction of sp³-hybridized carbons (Fsp3) is 0.182. The van der Waals surface area contributed by atoms with Gasteiger partial charge in [0.15, 0.2) is 5.82 Å². The van der Waals surface area contributed by atoms with Crippen molar-refractivity contribution >= 4 is 44.3 Å². The van der Waals surface area contributed by atoms with Crippen molar-refractivity contribution in [3.63, 3.8) is 0 Å². The number of pyridine rings is 1. The van der Waals surface area contributed by atoms with E-state index in [1.54, 1.807) is 23.5 Å². The Hall–Kier alpha value is -2.91. The van der Waals surface area contributed by atoms with Crippen LogP contribution in [0.15, 0.2) is 63.3 Å². The largest absolute Gasteiger partial charge is 0.497 e. The van der Waals surface area contributed by atoms with Crippen molar-refractivity contribution < 1.29 is 9.47 Å². The van der Waals surface area contributed by atoms with E-state index < -0.39 is 0 Å². The molecule has 3 heterocycles. The van der Waals surface area contributed by atoms with Gasteiger partial charge in [-0.1, -0.05) is 39.8 Å². The molecule has 9 heteroatoms. The monoisotopic (exact) mass is 495 g/mol. The molecule has 2 aromatic carbocycles. The van der Waals surface area contributed by atoms with Crippen molar-refractivity contribution in [3.05, 3.63) is 70.1 Å². The van der Waals surface area contributed by atoms with Crippen molar-refractivity contribution in [1.82, 2.24) is 19.9 Å². The highest BCUT2D eigenvalue weighted by atomic mass is 79.9. The maximum Gasteiger partial charge on any atom is 0.212 e. The molecule has 0 atom stereocenters. The van der Waals surface area contributed by atoms with Gasteiger partial charge in [0, 0.05) is 27.4 Å². The Morgan fingerprint density at radius 1 is 1.10 bits per heavy atom. The maximum absolute atomic E-state index is 6.16. The third-order valence-electron chi connectivity index (χ3n) is 4.88. The second kappa shape index (κ2) is 8.32. The van der Waals surface area contributed by atoms with Gasteiger partial charge in [0.25, 0.3) is 0 Å². The highest BCUT2D eigenvalue weighted by Crippen LogP contribution is 2.30. The van der Waals surface area contributed by atoms with Crippen LogP contribution in [0, 0.1) is 6.92 Å². The van der Waals surface area contributed by atoms with E-state index in [-0.39, 0.29) is 6.61 Å². The van der Waals surface area contributed by atoms with E-state index in [1.165, 1.54) is 0 Å². The predicted octanol–water partition coefficient (Wildman–Crippen LogP) is 4.84. The zero-order chi connectivity index (χ0) is 21.4. The lowest BCUT2D eigenvalue weighted by atomic mass is 10.1. The van der Waals surface area contributed by atoms with E-state index in [4.69, 9.17) is 14.6 Å². The van der Waals surface area contributed by atoms with E-state index >= 15 is 0 Å². The fourth-order valence-corrected chi connectivity index (χ4v) is 4.45. The lowest BCUT2D eigenvalue weighted by Gasteiger charge is -2.15. The number of rotatable bonds is 5. The predicted molar refractivity (Wildman–Crippen MR) is 124 cm³/mol. The van der Waals surface area contributed by atoms with Gasteiger partial charge < -0.3 is 9.47 Å². The second-order valence-electron chi connectivity index (χ2n) is 6.99. The molecule has 0 N–H and O–H groups in total. The van der Waals surface area contributed by atoms with Gasteiger partial charge in [0.05, 0.1) is 18.3 Å². The second-order valence-corrected chi connectivity index (χ2v) is 8.84. The zero-order valence-electron chi connectivity index (χ0n) is 16.9. The Morgan fingerprint density at radius 2 is 1.94 bits per heavy atom. The number of thioether (sulfide) groups is 1. The Balaban J connectivity index is 1.45. The average Bonchev–Trinajstić information content (AvgIpc) is 3.20. The van der Waals surface area contributed by atoms with Crippen LogP contribution in [0.4, 0.5) is 0 Å². The van der Waals surface area contributed by atoms with Crippen LogP contribution in [0.1, 0.15) is 17.1 Å². The number of benzene rings is 2. The lowest BCUT2D eigenvalue weighted by Crippen LogP contribution is -2.15. The standard InChI is InChI=1S/C22H18BrN5O2S/c1-13-9-20(17-10-16(29-2)7-8-18(17)24-13)30-11-21-25-26-22-28(21)27-19(12-31-22)14-3-5-15(23)6-4-14/h3-10H,11-12H2,1-2H3. The molecule has 0 aliphatic carbocycles. The molecule has 0 spiro atoms. The number of hydrogen-bond acceptors (Lipinski definition) is 7. The van der Waals surface area contributed by atoms with Gasteiger partial charge in [-0.15, -0.1) is 10.2 Å². The van der Waals surface area contributed by atoms with Crippen molar-refractivity contribution in [3.8, 4) is 11.5 Å². The van der Waals surface area contributed by atoms with Crippen molar-refractivity contribution in [2.24, 2.45) is 5.10 Å². The summed E-state index contributed by atoms with van der Waals surface area (Å²) in [6.45, 7) is 2.18. The third kappa shape index (κ3) is 4.03. The number of hydrogen-bond donors (Lipinski definition) is 0. The lowest BCUT2D eigenvalue weighted by molar-refractivity contribution is 0.293. The molecule has 1 aliphatic rings. The quantitative estimate of drug-likeness (QED) is 0.394. The molecule has 31 heavy (non-hydrogen) atoms. The molecular weight excluding hydrogens is 478 g/mol. The Labute approximate surface area is 191 Å². The molecule has 2 aromatic heterocycles. The first kappa shape index (κ1) is 20.0. The number of methoxy groups -OCH3 is 1. The smallest absolute Gasteiger partial charge is 0.212 e. The molecule has 7 nitrogen and oxygen atoms in total. The molecule has 0 radical (unpaired) electrons. The van der Waals surface area contributed by atoms with E-state index in [9.17, 15) is 0 Å². The molecule has 0 saturated carbocycles. The average molecular weight is 496 g/mol. The summed E-state index contributed by atoms with van der Waals surface area (Å²) in [5.74, 6) is 2.86. The van der Waals surface area contributed by atoms with Gasteiger partial charge in [-0.05, 0) is 42.8 Å². The summed E-state index contributed by atoms with van der Waals surface area (Å²) >= 11 is 5.09. The molecule has 0 amide bonds. The minimum atomic E-state index is 0.237. The van der Waals surface area contributed by atoms with Gasteiger partial charge in [-0.3, -0.25) is 4.98 Å². The minimum absolute atomic E-state index is 0.237. The van der Waals surface area contributed by atoms with Gasteiger partial charge in [-0.2, -0.15) is 9.78 Å². The maximum atomic E-state index is 6.16. The Bertz CT molecular complexity index is 1300. The summed E-state index contributed by atoms with van der Waals surface area (Å²) in [4.78, 5) is 4.58. The molecule has 0 unspecified atom stereocenters. The van der Waals surface area contributed by atoms with Crippen molar-refractivity contribution in [1.29, 1.82) is 0 Å². The van der Waals surface area contributed by atoms with E-state index in [1.807, 2.05) is 55.5 Å². The summed E-state index contributed by atoms with van der Waals surface area (Å²) in [6, 6.07) is 15.8. The number of halogens is 1. The minimum Gasteiger partial charge on any atom is -0.497 e. The molecule has 0 saturated heterocycles. The number of aryl methyl sites for hydroxylation is 1. The Kier molecular flexibility index (Phi) is 5.37. The fourth-order valence-electron chi connectivity index (χ4n) is 3.33. The van der Waals surface area contributed by atoms with Crippen LogP contribution in [-0.4, -0.2) is 38.4 Å². The number of aromatic nitrogens is 4. The molecular formula is C22H18BrN5O2S. The first-order chi connectivity index (χ1) is 15.1. The highest BCUT2D eigenvalue weighted by molar-refractivity contribution is 9.10. The van der Waals surface area contributed by atoms with Crippen LogP contribution in [-0.2, 0) is 6.61 Å². The SMILES string of the molecule is COc1ccc2nc(C)cc(OCc3nnc4n3N=C(c3ccc(Br)cc3)CS4)c2c1. The zero-order valence-corrected chi connectivity index (χ0v) is 19.3. The molecule has 5 rings (SSSR count). The first-order valence-corrected chi connectivity index (χ1v) is 11.4. The summed E-state index contributed by atoms with van der Waals surface area (Å²) in [7, 11) is 1.64. The molecule has 0 bridgehead atoms. The Morgan fingerprint density at radius 3 is 2.74 bits per heavy atom. The van der Waals surface area contributed by atoms with Crippen LogP contribution in [0.25, 0.3) is 10.9 Å². The van der Waals surface area contributed by atoms with Crippen LogP contribution >= 0.6 is 27.7 Å². The molecule has 0 fully saturated rings. The third-order valence-corrected chi connectivity index (χ3v) is 6.33. The highest BCUT2D eigenvalue weighted by Gasteiger charge is 2.20. The summed E-state index contributed by atoms with van der Waals surface area (Å²) in [5.41, 5.74) is 3.78. The first-order valence-electron chi connectivity index (χ1n) is 9.60. The van der Waals surface area contributed by atoms with E-state index in [0.29, 0.717) is 5.82 Å². The van der Waals surface area contributed by atoms with Crippen LogP contribution < -0.4 is 9.47 Å². The van der Waals surface area contributed by atoms with Crippen LogP contribution in [0.3, 0.4) is 0 Å². The molecule has 1 aliphatic heterocycles. The summed E-state index contributed by atoms with van der Waals surface area (Å²) < 4.78 is 14.3. The summed E-state index contributed by atoms with van der Waals surface area (Å²) in [5, 5.41) is 15.0. The van der Waals surface area contributed by atoms with Crippen LogP contribution in [0.2, 0.25) is 0 Å². The topological polar surface area (TPSA) is 74.4 Å². The van der Waals surface area contributed by atoms with Gasteiger partial charge in [-0.25, -0.2) is 0 Å². The molecule has 156 valence electrons. The molecule has 4 aromatic rings.